The molecule has 1 aromatic heterocycles. The number of nitrogens with zero attached hydrogens (tertiary/aromatic N) is 2. The van der Waals surface area contributed by atoms with E-state index in [9.17, 15) is 13.2 Å². The van der Waals surface area contributed by atoms with Gasteiger partial charge < -0.3 is 9.64 Å². The third-order valence-electron chi connectivity index (χ3n) is 5.72. The van der Waals surface area contributed by atoms with Crippen LogP contribution in [0.1, 0.15) is 50.2 Å². The second kappa shape index (κ2) is 8.73. The monoisotopic (exact) mass is 429 g/mol. The van der Waals surface area contributed by atoms with E-state index in [1.165, 1.54) is 19.8 Å². The van der Waals surface area contributed by atoms with E-state index in [0.29, 0.717) is 12.4 Å². The van der Waals surface area contributed by atoms with Crippen molar-refractivity contribution in [3.05, 3.63) is 47.7 Å². The second-order valence-electron chi connectivity index (χ2n) is 7.92. The highest BCUT2D eigenvalue weighted by molar-refractivity contribution is 7.89. The number of hydrogen-bond acceptors (Lipinski definition) is 5. The summed E-state index contributed by atoms with van der Waals surface area (Å²) in [5.41, 5.74) is 2.48. The van der Waals surface area contributed by atoms with Gasteiger partial charge in [-0.05, 0) is 73.9 Å². The molecule has 1 aromatic carbocycles. The summed E-state index contributed by atoms with van der Waals surface area (Å²) in [6.07, 6.45) is 7.86. The van der Waals surface area contributed by atoms with E-state index in [4.69, 9.17) is 4.74 Å². The summed E-state index contributed by atoms with van der Waals surface area (Å²) in [6.45, 7) is 2.35. The highest BCUT2D eigenvalue weighted by atomic mass is 32.2. The van der Waals surface area contributed by atoms with Crippen LogP contribution in [0.3, 0.4) is 0 Å². The molecule has 160 valence electrons. The molecule has 2 aliphatic rings. The molecule has 2 aromatic rings. The first-order chi connectivity index (χ1) is 14.4. The first-order valence-corrected chi connectivity index (χ1v) is 11.9. The van der Waals surface area contributed by atoms with E-state index in [1.54, 1.807) is 41.4 Å². The van der Waals surface area contributed by atoms with Gasteiger partial charge in [0.15, 0.2) is 0 Å². The first kappa shape index (κ1) is 20.8. The molecule has 1 N–H and O–H groups in total. The average Bonchev–Trinajstić information content (AvgIpc) is 3.24. The molecule has 0 saturated heterocycles. The largest absolute Gasteiger partial charge is 0.474 e. The summed E-state index contributed by atoms with van der Waals surface area (Å²) in [5.74, 6) is 0.509. The number of aromatic nitrogens is 1. The molecule has 1 fully saturated rings. The number of amides is 1. The number of rotatable bonds is 6. The molecule has 8 heteroatoms. The number of aryl methyl sites for hydroxylation is 1. The first-order valence-electron chi connectivity index (χ1n) is 10.4. The third kappa shape index (κ3) is 4.65. The summed E-state index contributed by atoms with van der Waals surface area (Å²) in [6, 6.07) is 8.53. The van der Waals surface area contributed by atoms with Gasteiger partial charge in [0, 0.05) is 38.0 Å². The van der Waals surface area contributed by atoms with Crippen molar-refractivity contribution in [1.82, 2.24) is 9.71 Å². The smallest absolute Gasteiger partial charge is 0.240 e. The number of ether oxygens (including phenoxy) is 1. The zero-order chi connectivity index (χ0) is 21.1. The lowest BCUT2D eigenvalue weighted by Crippen LogP contribution is -2.33. The molecule has 0 bridgehead atoms. The lowest BCUT2D eigenvalue weighted by atomic mass is 10.0. The lowest BCUT2D eigenvalue weighted by Gasteiger charge is -2.28. The van der Waals surface area contributed by atoms with Crippen LogP contribution in [-0.2, 0) is 27.8 Å². The Morgan fingerprint density at radius 3 is 2.77 bits per heavy atom. The summed E-state index contributed by atoms with van der Waals surface area (Å²) in [5, 5.41) is 0. The number of carbonyl (C=O) groups excluding carboxylic acids is 1. The molecule has 2 heterocycles. The van der Waals surface area contributed by atoms with Crippen LogP contribution in [0, 0.1) is 0 Å². The minimum atomic E-state index is -3.68. The molecule has 7 nitrogen and oxygen atoms in total. The fourth-order valence-corrected chi connectivity index (χ4v) is 5.20. The Kier molecular flexibility index (Phi) is 6.06. The molecule has 1 saturated carbocycles. The van der Waals surface area contributed by atoms with Crippen molar-refractivity contribution in [3.8, 4) is 5.88 Å². The summed E-state index contributed by atoms with van der Waals surface area (Å²) in [4.78, 5) is 18.0. The highest BCUT2D eigenvalue weighted by Crippen LogP contribution is 2.29. The van der Waals surface area contributed by atoms with Gasteiger partial charge in [0.1, 0.15) is 6.10 Å². The van der Waals surface area contributed by atoms with Crippen molar-refractivity contribution in [1.29, 1.82) is 0 Å². The van der Waals surface area contributed by atoms with Crippen molar-refractivity contribution in [2.24, 2.45) is 0 Å². The maximum atomic E-state index is 12.8. The van der Waals surface area contributed by atoms with E-state index in [0.717, 1.165) is 42.5 Å². The Balaban J connectivity index is 1.45. The lowest BCUT2D eigenvalue weighted by molar-refractivity contribution is -0.116. The van der Waals surface area contributed by atoms with Crippen molar-refractivity contribution in [2.75, 3.05) is 11.4 Å². The van der Waals surface area contributed by atoms with E-state index in [1.807, 2.05) is 0 Å². The number of benzene rings is 1. The Morgan fingerprint density at radius 1 is 1.20 bits per heavy atom. The van der Waals surface area contributed by atoms with Gasteiger partial charge in [0.05, 0.1) is 4.90 Å². The molecule has 0 atom stereocenters. The van der Waals surface area contributed by atoms with Gasteiger partial charge in [-0.2, -0.15) is 0 Å². The van der Waals surface area contributed by atoms with E-state index in [2.05, 4.69) is 9.71 Å². The average molecular weight is 430 g/mol. The van der Waals surface area contributed by atoms with Gasteiger partial charge in [0.25, 0.3) is 0 Å². The van der Waals surface area contributed by atoms with E-state index in [-0.39, 0.29) is 23.5 Å². The van der Waals surface area contributed by atoms with Gasteiger partial charge in [-0.1, -0.05) is 0 Å². The number of anilines is 1. The predicted octanol–water partition coefficient (Wildman–Crippen LogP) is 3.18. The van der Waals surface area contributed by atoms with Crippen LogP contribution < -0.4 is 14.4 Å². The number of carbonyl (C=O) groups is 1. The molecule has 0 unspecified atom stereocenters. The molecule has 0 radical (unpaired) electrons. The molecular formula is C22H27N3O4S. The van der Waals surface area contributed by atoms with Crippen LogP contribution in [0.4, 0.5) is 5.69 Å². The standard InChI is InChI=1S/C22H27N3O4S/c1-16(26)25-12-4-5-18-14-20(8-9-21(18)25)30(27,28)24-15-17-10-11-23-22(13-17)29-19-6-2-3-7-19/h8-11,13-14,19,24H,2-7,12,15H2,1H3. The predicted molar refractivity (Wildman–Crippen MR) is 114 cm³/mol. The Bertz CT molecular complexity index is 1030. The molecule has 1 aliphatic heterocycles. The van der Waals surface area contributed by atoms with Crippen molar-refractivity contribution in [2.45, 2.75) is 63.0 Å². The zero-order valence-electron chi connectivity index (χ0n) is 17.1. The van der Waals surface area contributed by atoms with Gasteiger partial charge in [-0.25, -0.2) is 18.1 Å². The SMILES string of the molecule is CC(=O)N1CCCc2cc(S(=O)(=O)NCc3ccnc(OC4CCCC4)c3)ccc21. The number of fused-ring (bicyclic) bond motifs is 1. The fourth-order valence-electron chi connectivity index (χ4n) is 4.13. The van der Waals surface area contributed by atoms with Crippen LogP contribution >= 0.6 is 0 Å². The molecular weight excluding hydrogens is 402 g/mol. The van der Waals surface area contributed by atoms with Gasteiger partial charge in [-0.3, -0.25) is 4.79 Å². The molecule has 1 amide bonds. The normalized spacial score (nSPS) is 17.0. The van der Waals surface area contributed by atoms with E-state index < -0.39 is 10.0 Å². The Morgan fingerprint density at radius 2 is 2.00 bits per heavy atom. The van der Waals surface area contributed by atoms with Crippen molar-refractivity contribution in [3.63, 3.8) is 0 Å². The van der Waals surface area contributed by atoms with Crippen LogP contribution in [-0.4, -0.2) is 32.0 Å². The number of sulfonamides is 1. The maximum absolute atomic E-state index is 12.8. The van der Waals surface area contributed by atoms with Gasteiger partial charge in [-0.15, -0.1) is 0 Å². The van der Waals surface area contributed by atoms with Gasteiger partial charge in [0.2, 0.25) is 21.8 Å². The fraction of sp³-hybridized carbons (Fsp3) is 0.455. The summed E-state index contributed by atoms with van der Waals surface area (Å²) < 4.78 is 34.2. The molecule has 4 rings (SSSR count). The van der Waals surface area contributed by atoms with Gasteiger partial charge >= 0.3 is 0 Å². The topological polar surface area (TPSA) is 88.6 Å². The number of nitrogens with one attached hydrogen (secondary N) is 1. The number of hydrogen-bond donors (Lipinski definition) is 1. The second-order valence-corrected chi connectivity index (χ2v) is 9.68. The van der Waals surface area contributed by atoms with Crippen LogP contribution in [0.15, 0.2) is 41.4 Å². The van der Waals surface area contributed by atoms with Crippen molar-refractivity contribution < 1.29 is 17.9 Å². The third-order valence-corrected chi connectivity index (χ3v) is 7.11. The Labute approximate surface area is 177 Å². The summed E-state index contributed by atoms with van der Waals surface area (Å²) in [7, 11) is -3.68. The van der Waals surface area contributed by atoms with Crippen LogP contribution in [0.25, 0.3) is 0 Å². The van der Waals surface area contributed by atoms with Crippen LogP contribution in [0.5, 0.6) is 5.88 Å². The van der Waals surface area contributed by atoms with Crippen LogP contribution in [0.2, 0.25) is 0 Å². The zero-order valence-corrected chi connectivity index (χ0v) is 18.0. The van der Waals surface area contributed by atoms with Crippen molar-refractivity contribution >= 4 is 21.6 Å². The minimum Gasteiger partial charge on any atom is -0.474 e. The molecule has 0 spiro atoms. The molecule has 30 heavy (non-hydrogen) atoms. The summed E-state index contributed by atoms with van der Waals surface area (Å²) >= 11 is 0. The number of pyridine rings is 1. The highest BCUT2D eigenvalue weighted by Gasteiger charge is 2.23. The molecule has 1 aliphatic carbocycles. The maximum Gasteiger partial charge on any atom is 0.240 e. The minimum absolute atomic E-state index is 0.0296. The quantitative estimate of drug-likeness (QED) is 0.762. The Hall–Kier alpha value is -2.45. The van der Waals surface area contributed by atoms with E-state index >= 15 is 0 Å².